The quantitative estimate of drug-likeness (QED) is 0.303. The monoisotopic (exact) mass is 544 g/mol. The number of methoxy groups -OCH3 is 1. The zero-order valence-electron chi connectivity index (χ0n) is 21.6. The number of aryl methyl sites for hydroxylation is 1. The van der Waals surface area contributed by atoms with Gasteiger partial charge < -0.3 is 14.5 Å². The molecule has 2 aromatic carbocycles. The van der Waals surface area contributed by atoms with E-state index in [2.05, 4.69) is 22.6 Å². The minimum atomic E-state index is -0.626. The molecule has 198 valence electrons. The highest BCUT2D eigenvalue weighted by atomic mass is 35.5. The molecule has 0 saturated carbocycles. The third-order valence-corrected chi connectivity index (χ3v) is 7.28. The Morgan fingerprint density at radius 3 is 2.77 bits per heavy atom. The average molecular weight is 545 g/mol. The molecule has 1 saturated heterocycles. The summed E-state index contributed by atoms with van der Waals surface area (Å²) in [5.74, 6) is -0.454. The summed E-state index contributed by atoms with van der Waals surface area (Å²) in [6, 6.07) is 13.0. The number of ether oxygens (including phenoxy) is 1. The number of hydrogen-bond donors (Lipinski definition) is 0. The van der Waals surface area contributed by atoms with E-state index in [1.165, 1.54) is 13.2 Å². The third kappa shape index (κ3) is 4.72. The van der Waals surface area contributed by atoms with Gasteiger partial charge in [0, 0.05) is 36.1 Å². The molecule has 0 unspecified atom stereocenters. The van der Waals surface area contributed by atoms with Gasteiger partial charge in [0.05, 0.1) is 41.9 Å². The van der Waals surface area contributed by atoms with Crippen LogP contribution in [0.4, 0.5) is 10.2 Å². The molecule has 5 rings (SSSR count). The Balaban J connectivity index is 1.69. The topological polar surface area (TPSA) is 95.2 Å². The highest BCUT2D eigenvalue weighted by molar-refractivity contribution is 6.34. The molecular weight excluding hydrogens is 519 g/mol. The number of hydrogen-bond acceptors (Lipinski definition) is 7. The largest absolute Gasteiger partial charge is 0.467 e. The van der Waals surface area contributed by atoms with E-state index in [-0.39, 0.29) is 34.4 Å². The van der Waals surface area contributed by atoms with Crippen LogP contribution in [-0.2, 0) is 11.2 Å². The van der Waals surface area contributed by atoms with Crippen molar-refractivity contribution in [2.24, 2.45) is 0 Å². The van der Waals surface area contributed by atoms with Gasteiger partial charge in [0.25, 0.3) is 0 Å². The molecule has 1 aliphatic heterocycles. The molecule has 0 aliphatic carbocycles. The van der Waals surface area contributed by atoms with Gasteiger partial charge in [-0.2, -0.15) is 15.2 Å². The molecule has 0 radical (unpaired) electrons. The highest BCUT2D eigenvalue weighted by Gasteiger charge is 2.32. The maximum Gasteiger partial charge on any atom is 0.318 e. The van der Waals surface area contributed by atoms with Crippen molar-refractivity contribution in [2.75, 3.05) is 31.6 Å². The predicted octanol–water partition coefficient (Wildman–Crippen LogP) is 5.33. The number of aromatic nitrogens is 3. The fraction of sp³-hybridized carbons (Fsp3) is 0.276. The van der Waals surface area contributed by atoms with Crippen molar-refractivity contribution >= 4 is 45.0 Å². The molecule has 1 fully saturated rings. The van der Waals surface area contributed by atoms with Gasteiger partial charge in [0.15, 0.2) is 5.82 Å². The van der Waals surface area contributed by atoms with Gasteiger partial charge in [-0.15, -0.1) is 0 Å². The van der Waals surface area contributed by atoms with Crippen LogP contribution in [-0.4, -0.2) is 58.5 Å². The van der Waals surface area contributed by atoms with Crippen LogP contribution >= 0.6 is 11.6 Å². The minimum absolute atomic E-state index is 0.00812. The van der Waals surface area contributed by atoms with Crippen molar-refractivity contribution in [1.82, 2.24) is 19.9 Å². The van der Waals surface area contributed by atoms with E-state index >= 15 is 4.39 Å². The van der Waals surface area contributed by atoms with Crippen LogP contribution < -0.4 is 9.64 Å². The van der Waals surface area contributed by atoms with Gasteiger partial charge in [-0.3, -0.25) is 9.78 Å². The second kappa shape index (κ2) is 10.8. The second-order valence-corrected chi connectivity index (χ2v) is 9.62. The van der Waals surface area contributed by atoms with Crippen LogP contribution in [0.5, 0.6) is 6.01 Å². The summed E-state index contributed by atoms with van der Waals surface area (Å²) < 4.78 is 21.8. The molecule has 2 aromatic heterocycles. The van der Waals surface area contributed by atoms with E-state index in [4.69, 9.17) is 21.3 Å². The number of carbonyl (C=O) groups is 1. The number of piperazine rings is 1. The number of halogens is 2. The SMILES string of the molecule is C=CC(=O)N1CCN(c2nc(OC)nc3c(F)c(-c4nc(CC)cc5ccccc45)c(Cl)cc23)C[C@@H]1CC#N. The molecule has 10 heteroatoms. The molecule has 39 heavy (non-hydrogen) atoms. The Hall–Kier alpha value is -4.29. The van der Waals surface area contributed by atoms with Crippen LogP contribution in [0, 0.1) is 17.1 Å². The number of nitriles is 1. The Kier molecular flexibility index (Phi) is 7.31. The fourth-order valence-corrected chi connectivity index (χ4v) is 5.35. The maximum atomic E-state index is 16.5. The van der Waals surface area contributed by atoms with E-state index in [9.17, 15) is 10.1 Å². The summed E-state index contributed by atoms with van der Waals surface area (Å²) in [7, 11) is 1.42. The fourth-order valence-electron chi connectivity index (χ4n) is 5.07. The average Bonchev–Trinajstić information content (AvgIpc) is 2.96. The zero-order chi connectivity index (χ0) is 27.7. The van der Waals surface area contributed by atoms with Crippen LogP contribution in [0.25, 0.3) is 32.9 Å². The second-order valence-electron chi connectivity index (χ2n) is 9.21. The number of amides is 1. The van der Waals surface area contributed by atoms with E-state index in [0.29, 0.717) is 43.0 Å². The van der Waals surface area contributed by atoms with Gasteiger partial charge in [-0.05, 0) is 30.0 Å². The van der Waals surface area contributed by atoms with E-state index in [0.717, 1.165) is 16.5 Å². The summed E-state index contributed by atoms with van der Waals surface area (Å²) in [6.07, 6.45) is 2.04. The van der Waals surface area contributed by atoms with Gasteiger partial charge >= 0.3 is 6.01 Å². The number of fused-ring (bicyclic) bond motifs is 2. The Bertz CT molecular complexity index is 1650. The van der Waals surface area contributed by atoms with Crippen molar-refractivity contribution in [1.29, 1.82) is 5.26 Å². The molecule has 1 amide bonds. The number of benzene rings is 2. The molecule has 4 aromatic rings. The van der Waals surface area contributed by atoms with Crippen LogP contribution in [0.1, 0.15) is 19.0 Å². The lowest BCUT2D eigenvalue weighted by atomic mass is 10.00. The molecule has 0 bridgehead atoms. The van der Waals surface area contributed by atoms with E-state index < -0.39 is 11.9 Å². The Labute approximate surface area is 230 Å². The third-order valence-electron chi connectivity index (χ3n) is 6.98. The normalized spacial score (nSPS) is 15.4. The molecule has 3 heterocycles. The lowest BCUT2D eigenvalue weighted by Gasteiger charge is -2.41. The first-order valence-electron chi connectivity index (χ1n) is 12.6. The summed E-state index contributed by atoms with van der Waals surface area (Å²) in [5.41, 5.74) is 1.46. The van der Waals surface area contributed by atoms with Gasteiger partial charge in [-0.1, -0.05) is 49.4 Å². The van der Waals surface area contributed by atoms with Gasteiger partial charge in [0.1, 0.15) is 11.3 Å². The molecule has 8 nitrogen and oxygen atoms in total. The predicted molar refractivity (Wildman–Crippen MR) is 149 cm³/mol. The van der Waals surface area contributed by atoms with Crippen LogP contribution in [0.2, 0.25) is 5.02 Å². The minimum Gasteiger partial charge on any atom is -0.467 e. The maximum absolute atomic E-state index is 16.5. The Morgan fingerprint density at radius 1 is 1.26 bits per heavy atom. The van der Waals surface area contributed by atoms with Crippen LogP contribution in [0.15, 0.2) is 49.1 Å². The zero-order valence-corrected chi connectivity index (χ0v) is 22.4. The summed E-state index contributed by atoms with van der Waals surface area (Å²) in [4.78, 5) is 29.5. The summed E-state index contributed by atoms with van der Waals surface area (Å²) in [6.45, 7) is 6.62. The van der Waals surface area contributed by atoms with Crippen molar-refractivity contribution in [3.8, 4) is 23.3 Å². The summed E-state index contributed by atoms with van der Waals surface area (Å²) in [5, 5.41) is 11.7. The van der Waals surface area contributed by atoms with Crippen LogP contribution in [0.3, 0.4) is 0 Å². The highest BCUT2D eigenvalue weighted by Crippen LogP contribution is 2.40. The van der Waals surface area contributed by atoms with Crippen molar-refractivity contribution in [3.05, 3.63) is 65.6 Å². The summed E-state index contributed by atoms with van der Waals surface area (Å²) >= 11 is 6.79. The number of pyridine rings is 1. The first-order valence-corrected chi connectivity index (χ1v) is 13.0. The Morgan fingerprint density at radius 2 is 2.05 bits per heavy atom. The van der Waals surface area contributed by atoms with E-state index in [1.54, 1.807) is 11.0 Å². The molecule has 1 aliphatic rings. The van der Waals surface area contributed by atoms with E-state index in [1.807, 2.05) is 42.2 Å². The number of anilines is 1. The number of nitrogens with zero attached hydrogens (tertiary/aromatic N) is 6. The molecular formula is C29H26ClFN6O2. The smallest absolute Gasteiger partial charge is 0.318 e. The van der Waals surface area contributed by atoms with Crippen molar-refractivity contribution in [3.63, 3.8) is 0 Å². The lowest BCUT2D eigenvalue weighted by molar-refractivity contribution is -0.128. The first kappa shape index (κ1) is 26.3. The number of rotatable bonds is 6. The van der Waals surface area contributed by atoms with Crippen molar-refractivity contribution in [2.45, 2.75) is 25.8 Å². The molecule has 0 spiro atoms. The molecule has 1 atom stereocenters. The van der Waals surface area contributed by atoms with Crippen molar-refractivity contribution < 1.29 is 13.9 Å². The van der Waals surface area contributed by atoms with Gasteiger partial charge in [0.2, 0.25) is 5.91 Å². The van der Waals surface area contributed by atoms with Gasteiger partial charge in [-0.25, -0.2) is 4.39 Å². The molecule has 0 N–H and O–H groups in total. The standard InChI is InChI=1S/C29H26ClFN6O2/c1-4-18-14-17-8-6-7-9-20(17)26(33-18)24-22(30)15-21-27(25(24)31)34-29(39-3)35-28(21)36-12-13-37(23(38)5-2)19(16-36)10-11-32/h5-9,14-15,19H,2,4,10,12-13,16H2,1,3H3/t19-/m0/s1. The lowest BCUT2D eigenvalue weighted by Crippen LogP contribution is -2.55. The number of carbonyl (C=O) groups excluding carboxylic acids is 1. The first-order chi connectivity index (χ1) is 18.9.